The van der Waals surface area contributed by atoms with Crippen LogP contribution in [0.15, 0.2) is 77.7 Å². The fourth-order valence-corrected chi connectivity index (χ4v) is 3.76. The van der Waals surface area contributed by atoms with Crippen molar-refractivity contribution in [2.75, 3.05) is 11.9 Å². The van der Waals surface area contributed by atoms with Crippen LogP contribution in [0.1, 0.15) is 16.7 Å². The molecule has 0 aliphatic carbocycles. The highest BCUT2D eigenvalue weighted by Crippen LogP contribution is 2.17. The number of anilines is 1. The van der Waals surface area contributed by atoms with Crippen molar-refractivity contribution in [3.8, 4) is 5.75 Å². The van der Waals surface area contributed by atoms with E-state index in [2.05, 4.69) is 10.0 Å². The lowest BCUT2D eigenvalue weighted by molar-refractivity contribution is -0.118. The van der Waals surface area contributed by atoms with Crippen LogP contribution in [0.5, 0.6) is 5.75 Å². The first-order valence-electron chi connectivity index (χ1n) is 9.47. The third-order valence-electron chi connectivity index (χ3n) is 4.60. The first kappa shape index (κ1) is 21.5. The summed E-state index contributed by atoms with van der Waals surface area (Å²) < 4.78 is 32.9. The predicted octanol–water partition coefficient (Wildman–Crippen LogP) is 3.80. The molecule has 2 N–H and O–H groups in total. The summed E-state index contributed by atoms with van der Waals surface area (Å²) in [7, 11) is -3.64. The van der Waals surface area contributed by atoms with Gasteiger partial charge < -0.3 is 10.1 Å². The molecule has 30 heavy (non-hydrogen) atoms. The number of amides is 1. The van der Waals surface area contributed by atoms with Crippen molar-refractivity contribution in [1.82, 2.24) is 4.72 Å². The molecule has 0 atom stereocenters. The highest BCUT2D eigenvalue weighted by molar-refractivity contribution is 7.89. The summed E-state index contributed by atoms with van der Waals surface area (Å²) >= 11 is 0. The topological polar surface area (TPSA) is 84.5 Å². The Morgan fingerprint density at radius 1 is 0.900 bits per heavy atom. The fraction of sp³-hybridized carbons (Fsp3) is 0.174. The number of rotatable bonds is 8. The lowest BCUT2D eigenvalue weighted by atomic mass is 10.1. The molecule has 156 valence electrons. The van der Waals surface area contributed by atoms with Gasteiger partial charge in [-0.1, -0.05) is 36.4 Å². The number of hydrogen-bond acceptors (Lipinski definition) is 4. The van der Waals surface area contributed by atoms with E-state index in [-0.39, 0.29) is 24.0 Å². The molecule has 0 saturated heterocycles. The minimum Gasteiger partial charge on any atom is -0.484 e. The van der Waals surface area contributed by atoms with Crippen LogP contribution in [-0.2, 0) is 21.4 Å². The third-order valence-corrected chi connectivity index (χ3v) is 6.02. The maximum absolute atomic E-state index is 12.4. The number of ether oxygens (including phenoxy) is 1. The van der Waals surface area contributed by atoms with Crippen LogP contribution in [0, 0.1) is 13.8 Å². The number of carbonyl (C=O) groups excluding carboxylic acids is 1. The molecular formula is C23H24N2O4S. The molecule has 0 aliphatic rings. The molecule has 3 aromatic rings. The Hall–Kier alpha value is -3.16. The standard InChI is InChI=1S/C23H24N2O4S/c1-17-8-9-20(14-18(17)2)25-23(26)16-29-21-10-12-22(13-11-21)30(27,28)24-15-19-6-4-3-5-7-19/h3-14,24H,15-16H2,1-2H3,(H,25,26). The van der Waals surface area contributed by atoms with E-state index in [1.54, 1.807) is 0 Å². The molecule has 7 heteroatoms. The molecule has 0 saturated carbocycles. The third kappa shape index (κ3) is 5.92. The van der Waals surface area contributed by atoms with Crippen molar-refractivity contribution >= 4 is 21.6 Å². The summed E-state index contributed by atoms with van der Waals surface area (Å²) in [6.07, 6.45) is 0. The zero-order valence-corrected chi connectivity index (χ0v) is 17.7. The molecule has 3 aromatic carbocycles. The molecule has 0 heterocycles. The number of aryl methyl sites for hydroxylation is 2. The van der Waals surface area contributed by atoms with Gasteiger partial charge in [0.05, 0.1) is 4.90 Å². The second kappa shape index (κ2) is 9.56. The molecule has 6 nitrogen and oxygen atoms in total. The molecule has 0 radical (unpaired) electrons. The van der Waals surface area contributed by atoms with Gasteiger partial charge in [0, 0.05) is 12.2 Å². The van der Waals surface area contributed by atoms with Gasteiger partial charge in [-0.2, -0.15) is 0 Å². The molecule has 0 bridgehead atoms. The van der Waals surface area contributed by atoms with E-state index in [9.17, 15) is 13.2 Å². The minimum absolute atomic E-state index is 0.130. The number of carbonyl (C=O) groups is 1. The van der Waals surface area contributed by atoms with Gasteiger partial charge in [-0.3, -0.25) is 4.79 Å². The van der Waals surface area contributed by atoms with Gasteiger partial charge in [0.1, 0.15) is 5.75 Å². The lowest BCUT2D eigenvalue weighted by Gasteiger charge is -2.10. The van der Waals surface area contributed by atoms with E-state index in [1.165, 1.54) is 24.3 Å². The Kier molecular flexibility index (Phi) is 6.87. The van der Waals surface area contributed by atoms with E-state index < -0.39 is 10.0 Å². The molecular weight excluding hydrogens is 400 g/mol. The summed E-state index contributed by atoms with van der Waals surface area (Å²) in [6, 6.07) is 20.9. The van der Waals surface area contributed by atoms with Crippen LogP contribution >= 0.6 is 0 Å². The van der Waals surface area contributed by atoms with Crippen molar-refractivity contribution in [1.29, 1.82) is 0 Å². The summed E-state index contributed by atoms with van der Waals surface area (Å²) in [6.45, 7) is 4.02. The normalized spacial score (nSPS) is 11.1. The Balaban J connectivity index is 1.53. The zero-order chi connectivity index (χ0) is 21.6. The monoisotopic (exact) mass is 424 g/mol. The van der Waals surface area contributed by atoms with Gasteiger partial charge in [0.2, 0.25) is 10.0 Å². The first-order chi connectivity index (χ1) is 14.3. The number of benzene rings is 3. The van der Waals surface area contributed by atoms with Gasteiger partial charge in [-0.05, 0) is 66.9 Å². The molecule has 0 fully saturated rings. The van der Waals surface area contributed by atoms with Crippen LogP contribution < -0.4 is 14.8 Å². The fourth-order valence-electron chi connectivity index (χ4n) is 2.74. The summed E-state index contributed by atoms with van der Waals surface area (Å²) in [4.78, 5) is 12.2. The van der Waals surface area contributed by atoms with Gasteiger partial charge in [-0.25, -0.2) is 13.1 Å². The number of nitrogens with one attached hydrogen (secondary N) is 2. The SMILES string of the molecule is Cc1ccc(NC(=O)COc2ccc(S(=O)(=O)NCc3ccccc3)cc2)cc1C. The molecule has 0 aromatic heterocycles. The van der Waals surface area contributed by atoms with Crippen molar-refractivity contribution < 1.29 is 17.9 Å². The van der Waals surface area contributed by atoms with Crippen molar-refractivity contribution in [3.63, 3.8) is 0 Å². The lowest BCUT2D eigenvalue weighted by Crippen LogP contribution is -2.23. The van der Waals surface area contributed by atoms with Crippen LogP contribution in [-0.4, -0.2) is 20.9 Å². The maximum atomic E-state index is 12.4. The van der Waals surface area contributed by atoms with Crippen LogP contribution in [0.3, 0.4) is 0 Å². The number of sulfonamides is 1. The van der Waals surface area contributed by atoms with E-state index in [4.69, 9.17) is 4.74 Å². The molecule has 0 unspecified atom stereocenters. The summed E-state index contributed by atoms with van der Waals surface area (Å²) in [5, 5.41) is 2.78. The summed E-state index contributed by atoms with van der Waals surface area (Å²) in [5.41, 5.74) is 3.82. The predicted molar refractivity (Wildman–Crippen MR) is 117 cm³/mol. The second-order valence-corrected chi connectivity index (χ2v) is 8.68. The van der Waals surface area contributed by atoms with Crippen LogP contribution in [0.25, 0.3) is 0 Å². The first-order valence-corrected chi connectivity index (χ1v) is 11.0. The van der Waals surface area contributed by atoms with Gasteiger partial charge in [-0.15, -0.1) is 0 Å². The molecule has 3 rings (SSSR count). The highest BCUT2D eigenvalue weighted by atomic mass is 32.2. The van der Waals surface area contributed by atoms with E-state index in [1.807, 2.05) is 62.4 Å². The van der Waals surface area contributed by atoms with Crippen molar-refractivity contribution in [2.24, 2.45) is 0 Å². The van der Waals surface area contributed by atoms with Gasteiger partial charge >= 0.3 is 0 Å². The average Bonchev–Trinajstić information content (AvgIpc) is 2.74. The zero-order valence-electron chi connectivity index (χ0n) is 16.9. The number of hydrogen-bond donors (Lipinski definition) is 2. The van der Waals surface area contributed by atoms with Crippen LogP contribution in [0.4, 0.5) is 5.69 Å². The smallest absolute Gasteiger partial charge is 0.262 e. The minimum atomic E-state index is -3.64. The average molecular weight is 425 g/mol. The second-order valence-electron chi connectivity index (χ2n) is 6.92. The van der Waals surface area contributed by atoms with Gasteiger partial charge in [0.25, 0.3) is 5.91 Å². The maximum Gasteiger partial charge on any atom is 0.262 e. The Morgan fingerprint density at radius 3 is 2.27 bits per heavy atom. The highest BCUT2D eigenvalue weighted by Gasteiger charge is 2.14. The molecule has 0 spiro atoms. The van der Waals surface area contributed by atoms with E-state index >= 15 is 0 Å². The quantitative estimate of drug-likeness (QED) is 0.576. The Bertz CT molecular complexity index is 1110. The summed E-state index contributed by atoms with van der Waals surface area (Å²) in [5.74, 6) is 0.117. The Labute approximate surface area is 177 Å². The van der Waals surface area contributed by atoms with Gasteiger partial charge in [0.15, 0.2) is 6.61 Å². The van der Waals surface area contributed by atoms with Crippen molar-refractivity contribution in [2.45, 2.75) is 25.3 Å². The molecule has 0 aliphatic heterocycles. The van der Waals surface area contributed by atoms with Crippen LogP contribution in [0.2, 0.25) is 0 Å². The largest absolute Gasteiger partial charge is 0.484 e. The van der Waals surface area contributed by atoms with E-state index in [0.29, 0.717) is 11.4 Å². The van der Waals surface area contributed by atoms with E-state index in [0.717, 1.165) is 16.7 Å². The molecule has 1 amide bonds. The van der Waals surface area contributed by atoms with Crippen molar-refractivity contribution in [3.05, 3.63) is 89.5 Å². The Morgan fingerprint density at radius 2 is 1.60 bits per heavy atom.